The number of para-hydroxylation sites is 1. The van der Waals surface area contributed by atoms with E-state index in [2.05, 4.69) is 20.9 Å². The lowest BCUT2D eigenvalue weighted by molar-refractivity contribution is -0.384. The summed E-state index contributed by atoms with van der Waals surface area (Å²) in [5.41, 5.74) is 1.53. The summed E-state index contributed by atoms with van der Waals surface area (Å²) < 4.78 is 0.777. The Hall–Kier alpha value is -1.23. The van der Waals surface area contributed by atoms with Crippen molar-refractivity contribution in [3.63, 3.8) is 0 Å². The van der Waals surface area contributed by atoms with Gasteiger partial charge in [0, 0.05) is 12.5 Å². The molecule has 0 unspecified atom stereocenters. The third kappa shape index (κ3) is 1.55. The number of benzene rings is 1. The molecule has 0 saturated carbocycles. The van der Waals surface area contributed by atoms with Gasteiger partial charge in [-0.1, -0.05) is 12.1 Å². The average molecular weight is 255 g/mol. The van der Waals surface area contributed by atoms with Gasteiger partial charge in [0.15, 0.2) is 0 Å². The predicted octanol–water partition coefficient (Wildman–Crippen LogP) is 2.97. The highest BCUT2D eigenvalue weighted by atomic mass is 79.9. The third-order valence-electron chi connectivity index (χ3n) is 2.13. The fourth-order valence-corrected chi connectivity index (χ4v) is 1.85. The molecule has 0 aromatic heterocycles. The molecule has 0 bridgehead atoms. The first-order valence-corrected chi connectivity index (χ1v) is 4.97. The quantitative estimate of drug-likeness (QED) is 0.572. The van der Waals surface area contributed by atoms with E-state index in [1.165, 1.54) is 6.07 Å². The second kappa shape index (κ2) is 3.49. The Morgan fingerprint density at radius 3 is 2.93 bits per heavy atom. The van der Waals surface area contributed by atoms with E-state index in [9.17, 15) is 10.1 Å². The topological polar surface area (TPSA) is 55.5 Å². The van der Waals surface area contributed by atoms with E-state index >= 15 is 0 Å². The Bertz CT molecular complexity index is 429. The zero-order chi connectivity index (χ0) is 10.1. The number of halogens is 1. The maximum Gasteiger partial charge on any atom is 0.295 e. The van der Waals surface area contributed by atoms with Gasteiger partial charge in [-0.25, -0.2) is 4.99 Å². The number of fused-ring (bicyclic) bond motifs is 1. The third-order valence-corrected chi connectivity index (χ3v) is 2.70. The number of hydrogen-bond donors (Lipinski definition) is 0. The standard InChI is InChI=1S/C9H7BrN2O2/c10-8-5-4-6-2-1-3-7(12(13)14)9(6)11-8/h1-3H,4-5H2. The number of nitrogens with zero attached hydrogens (tertiary/aromatic N) is 2. The Labute approximate surface area is 88.9 Å². The highest BCUT2D eigenvalue weighted by Gasteiger charge is 2.20. The second-order valence-electron chi connectivity index (χ2n) is 3.03. The first kappa shape index (κ1) is 9.33. The molecule has 72 valence electrons. The molecule has 1 aliphatic heterocycles. The second-order valence-corrected chi connectivity index (χ2v) is 3.95. The van der Waals surface area contributed by atoms with E-state index < -0.39 is 4.92 Å². The van der Waals surface area contributed by atoms with E-state index in [0.29, 0.717) is 5.69 Å². The van der Waals surface area contributed by atoms with Gasteiger partial charge in [-0.15, -0.1) is 0 Å². The molecule has 14 heavy (non-hydrogen) atoms. The molecule has 1 aromatic rings. The molecule has 0 atom stereocenters. The van der Waals surface area contributed by atoms with Gasteiger partial charge in [-0.2, -0.15) is 0 Å². The fraction of sp³-hybridized carbons (Fsp3) is 0.222. The first-order chi connectivity index (χ1) is 6.68. The predicted molar refractivity (Wildman–Crippen MR) is 57.4 cm³/mol. The van der Waals surface area contributed by atoms with E-state index in [1.807, 2.05) is 6.07 Å². The van der Waals surface area contributed by atoms with Crippen molar-refractivity contribution in [1.82, 2.24) is 0 Å². The Kier molecular flexibility index (Phi) is 2.33. The molecule has 1 aromatic carbocycles. The summed E-state index contributed by atoms with van der Waals surface area (Å²) >= 11 is 3.27. The lowest BCUT2D eigenvalue weighted by Crippen LogP contribution is -2.01. The summed E-state index contributed by atoms with van der Waals surface area (Å²) in [5.74, 6) is 0. The number of nitro benzene ring substituents is 1. The molecular formula is C9H7BrN2O2. The Morgan fingerprint density at radius 1 is 1.43 bits per heavy atom. The number of hydrogen-bond acceptors (Lipinski definition) is 3. The normalized spacial score (nSPS) is 14.5. The molecule has 4 nitrogen and oxygen atoms in total. The number of nitro groups is 1. The van der Waals surface area contributed by atoms with Crippen LogP contribution in [0.25, 0.3) is 0 Å². The van der Waals surface area contributed by atoms with Crippen LogP contribution in [0.15, 0.2) is 23.2 Å². The van der Waals surface area contributed by atoms with Gasteiger partial charge in [0.05, 0.1) is 9.54 Å². The molecular weight excluding hydrogens is 248 g/mol. The van der Waals surface area contributed by atoms with Crippen LogP contribution < -0.4 is 0 Å². The van der Waals surface area contributed by atoms with E-state index in [0.717, 1.165) is 23.0 Å². The lowest BCUT2D eigenvalue weighted by Gasteiger charge is -2.11. The van der Waals surface area contributed by atoms with Crippen molar-refractivity contribution in [2.75, 3.05) is 0 Å². The highest BCUT2D eigenvalue weighted by Crippen LogP contribution is 2.35. The zero-order valence-corrected chi connectivity index (χ0v) is 8.82. The van der Waals surface area contributed by atoms with Crippen molar-refractivity contribution >= 4 is 31.9 Å². The lowest BCUT2D eigenvalue weighted by atomic mass is 10.0. The van der Waals surface area contributed by atoms with Gasteiger partial charge in [-0.3, -0.25) is 10.1 Å². The monoisotopic (exact) mass is 254 g/mol. The summed E-state index contributed by atoms with van der Waals surface area (Å²) in [7, 11) is 0. The summed E-state index contributed by atoms with van der Waals surface area (Å²) in [6.07, 6.45) is 1.62. The molecule has 5 heteroatoms. The van der Waals surface area contributed by atoms with Gasteiger partial charge in [0.1, 0.15) is 5.69 Å². The molecule has 1 heterocycles. The number of aryl methyl sites for hydroxylation is 1. The molecule has 0 N–H and O–H groups in total. The minimum Gasteiger partial charge on any atom is -0.258 e. The average Bonchev–Trinajstić information content (AvgIpc) is 2.16. The Morgan fingerprint density at radius 2 is 2.21 bits per heavy atom. The molecule has 0 radical (unpaired) electrons. The largest absolute Gasteiger partial charge is 0.295 e. The summed E-state index contributed by atoms with van der Waals surface area (Å²) in [6, 6.07) is 5.06. The van der Waals surface area contributed by atoms with Crippen LogP contribution >= 0.6 is 15.9 Å². The van der Waals surface area contributed by atoms with Crippen molar-refractivity contribution in [1.29, 1.82) is 0 Å². The van der Waals surface area contributed by atoms with Gasteiger partial charge < -0.3 is 0 Å². The zero-order valence-electron chi connectivity index (χ0n) is 7.24. The highest BCUT2D eigenvalue weighted by molar-refractivity contribution is 9.18. The number of rotatable bonds is 1. The van der Waals surface area contributed by atoms with Crippen LogP contribution in [0.3, 0.4) is 0 Å². The maximum absolute atomic E-state index is 10.7. The minimum atomic E-state index is -0.395. The summed E-state index contributed by atoms with van der Waals surface area (Å²) in [4.78, 5) is 14.5. The van der Waals surface area contributed by atoms with Crippen LogP contribution in [-0.2, 0) is 6.42 Å². The van der Waals surface area contributed by atoms with E-state index in [1.54, 1.807) is 6.07 Å². The van der Waals surface area contributed by atoms with E-state index in [-0.39, 0.29) is 5.69 Å². The van der Waals surface area contributed by atoms with Crippen molar-refractivity contribution in [3.05, 3.63) is 33.9 Å². The van der Waals surface area contributed by atoms with Crippen LogP contribution in [-0.4, -0.2) is 9.54 Å². The van der Waals surface area contributed by atoms with Gasteiger partial charge in [0.25, 0.3) is 5.69 Å². The molecule has 1 aliphatic rings. The van der Waals surface area contributed by atoms with E-state index in [4.69, 9.17) is 0 Å². The van der Waals surface area contributed by atoms with Crippen LogP contribution in [0.4, 0.5) is 11.4 Å². The van der Waals surface area contributed by atoms with Gasteiger partial charge >= 0.3 is 0 Å². The summed E-state index contributed by atoms with van der Waals surface area (Å²) in [6.45, 7) is 0. The van der Waals surface area contributed by atoms with Crippen LogP contribution in [0, 0.1) is 10.1 Å². The Balaban J connectivity index is 2.61. The van der Waals surface area contributed by atoms with Crippen molar-refractivity contribution < 1.29 is 4.92 Å². The molecule has 0 spiro atoms. The van der Waals surface area contributed by atoms with Gasteiger partial charge in [-0.05, 0) is 27.9 Å². The van der Waals surface area contributed by atoms with Gasteiger partial charge in [0.2, 0.25) is 0 Å². The minimum absolute atomic E-state index is 0.0825. The summed E-state index contributed by atoms with van der Waals surface area (Å²) in [5, 5.41) is 10.7. The molecule has 0 fully saturated rings. The van der Waals surface area contributed by atoms with Crippen LogP contribution in [0.1, 0.15) is 12.0 Å². The number of aliphatic imine (C=N–C) groups is 1. The maximum atomic E-state index is 10.7. The molecule has 2 rings (SSSR count). The van der Waals surface area contributed by atoms with Crippen LogP contribution in [0.5, 0.6) is 0 Å². The van der Waals surface area contributed by atoms with Crippen LogP contribution in [0.2, 0.25) is 0 Å². The van der Waals surface area contributed by atoms with Crippen molar-refractivity contribution in [3.8, 4) is 0 Å². The fourth-order valence-electron chi connectivity index (χ4n) is 1.47. The van der Waals surface area contributed by atoms with Crippen molar-refractivity contribution in [2.45, 2.75) is 12.8 Å². The smallest absolute Gasteiger partial charge is 0.258 e. The molecule has 0 saturated heterocycles. The molecule has 0 amide bonds. The first-order valence-electron chi connectivity index (χ1n) is 4.18. The SMILES string of the molecule is O=[N+]([O-])c1cccc2c1N=C(Br)CC2. The van der Waals surface area contributed by atoms with Crippen molar-refractivity contribution in [2.24, 2.45) is 4.99 Å². The molecule has 0 aliphatic carbocycles.